The second-order valence-electron chi connectivity index (χ2n) is 3.85. The van der Waals surface area contributed by atoms with Crippen molar-refractivity contribution in [2.75, 3.05) is 13.2 Å². The Balaban J connectivity index is 1.75. The number of benzene rings is 1. The van der Waals surface area contributed by atoms with E-state index in [0.29, 0.717) is 18.7 Å². The lowest BCUT2D eigenvalue weighted by Crippen LogP contribution is -2.28. The van der Waals surface area contributed by atoms with Gasteiger partial charge in [-0.1, -0.05) is 18.2 Å². The maximum Gasteiger partial charge on any atom is 0.253 e. The van der Waals surface area contributed by atoms with E-state index in [9.17, 15) is 9.90 Å². The Hall–Kier alpha value is -2.56. The van der Waals surface area contributed by atoms with Gasteiger partial charge in [-0.25, -0.2) is 0 Å². The standard InChI is InChI=1S/C14H14N2O3/c17-12-8-11(9-15-10-12)14(18)16-6-7-19-13-4-2-1-3-5-13/h1-5,8-10,17H,6-7H2,(H,16,18). The van der Waals surface area contributed by atoms with E-state index in [4.69, 9.17) is 4.74 Å². The number of aromatic hydroxyl groups is 1. The lowest BCUT2D eigenvalue weighted by Gasteiger charge is -2.07. The lowest BCUT2D eigenvalue weighted by molar-refractivity contribution is 0.0946. The number of pyridine rings is 1. The van der Waals surface area contributed by atoms with Crippen molar-refractivity contribution in [3.63, 3.8) is 0 Å². The molecule has 0 saturated carbocycles. The molecule has 1 aromatic carbocycles. The number of nitrogens with one attached hydrogen (secondary N) is 1. The number of rotatable bonds is 5. The van der Waals surface area contributed by atoms with Gasteiger partial charge in [-0.3, -0.25) is 9.78 Å². The van der Waals surface area contributed by atoms with Crippen LogP contribution >= 0.6 is 0 Å². The lowest BCUT2D eigenvalue weighted by atomic mass is 10.2. The van der Waals surface area contributed by atoms with Crippen LogP contribution in [0, 0.1) is 0 Å². The van der Waals surface area contributed by atoms with E-state index in [2.05, 4.69) is 10.3 Å². The fraction of sp³-hybridized carbons (Fsp3) is 0.143. The van der Waals surface area contributed by atoms with Gasteiger partial charge in [0.25, 0.3) is 5.91 Å². The number of amides is 1. The molecule has 0 unspecified atom stereocenters. The van der Waals surface area contributed by atoms with E-state index in [1.165, 1.54) is 18.5 Å². The molecule has 2 rings (SSSR count). The first-order valence-electron chi connectivity index (χ1n) is 5.86. The average Bonchev–Trinajstić information content (AvgIpc) is 2.44. The molecule has 0 radical (unpaired) electrons. The van der Waals surface area contributed by atoms with E-state index in [-0.39, 0.29) is 11.7 Å². The number of hydrogen-bond acceptors (Lipinski definition) is 4. The number of nitrogens with zero attached hydrogens (tertiary/aromatic N) is 1. The Morgan fingerprint density at radius 1 is 1.26 bits per heavy atom. The second-order valence-corrected chi connectivity index (χ2v) is 3.85. The average molecular weight is 258 g/mol. The van der Waals surface area contributed by atoms with Gasteiger partial charge < -0.3 is 15.2 Å². The molecule has 0 atom stereocenters. The van der Waals surface area contributed by atoms with Crippen molar-refractivity contribution in [1.29, 1.82) is 0 Å². The molecule has 5 heteroatoms. The molecule has 0 bridgehead atoms. The summed E-state index contributed by atoms with van der Waals surface area (Å²) in [6, 6.07) is 10.7. The minimum absolute atomic E-state index is 0.0341. The highest BCUT2D eigenvalue weighted by Gasteiger charge is 2.05. The number of carbonyl (C=O) groups excluding carboxylic acids is 1. The third kappa shape index (κ3) is 3.99. The first-order chi connectivity index (χ1) is 9.25. The normalized spacial score (nSPS) is 9.89. The molecule has 0 saturated heterocycles. The van der Waals surface area contributed by atoms with Gasteiger partial charge in [-0.2, -0.15) is 0 Å². The van der Waals surface area contributed by atoms with Gasteiger partial charge in [0.15, 0.2) is 0 Å². The van der Waals surface area contributed by atoms with Crippen LogP contribution in [0.2, 0.25) is 0 Å². The first-order valence-corrected chi connectivity index (χ1v) is 5.86. The highest BCUT2D eigenvalue weighted by Crippen LogP contribution is 2.09. The van der Waals surface area contributed by atoms with Crippen LogP contribution in [0.15, 0.2) is 48.8 Å². The highest BCUT2D eigenvalue weighted by molar-refractivity contribution is 5.94. The molecule has 0 aliphatic heterocycles. The molecule has 2 N–H and O–H groups in total. The molecule has 1 aromatic heterocycles. The monoisotopic (exact) mass is 258 g/mol. The van der Waals surface area contributed by atoms with Crippen LogP contribution in [0.5, 0.6) is 11.5 Å². The minimum atomic E-state index is -0.292. The van der Waals surface area contributed by atoms with Crippen molar-refractivity contribution < 1.29 is 14.6 Å². The van der Waals surface area contributed by atoms with Crippen molar-refractivity contribution in [2.45, 2.75) is 0 Å². The Bertz CT molecular complexity index is 543. The quantitative estimate of drug-likeness (QED) is 0.799. The number of hydrogen-bond donors (Lipinski definition) is 2. The van der Waals surface area contributed by atoms with Crippen molar-refractivity contribution in [3.05, 3.63) is 54.4 Å². The number of para-hydroxylation sites is 1. The Kier molecular flexibility index (Phi) is 4.34. The zero-order valence-electron chi connectivity index (χ0n) is 10.2. The molecule has 1 heterocycles. The number of carbonyl (C=O) groups is 1. The van der Waals surface area contributed by atoms with Crippen LogP contribution in [0.3, 0.4) is 0 Å². The molecule has 0 fully saturated rings. The Morgan fingerprint density at radius 3 is 2.79 bits per heavy atom. The van der Waals surface area contributed by atoms with Gasteiger partial charge in [-0.15, -0.1) is 0 Å². The maximum atomic E-state index is 11.7. The van der Waals surface area contributed by atoms with E-state index in [1.54, 1.807) is 0 Å². The van der Waals surface area contributed by atoms with Crippen molar-refractivity contribution in [1.82, 2.24) is 10.3 Å². The summed E-state index contributed by atoms with van der Waals surface area (Å²) in [4.78, 5) is 15.4. The summed E-state index contributed by atoms with van der Waals surface area (Å²) in [7, 11) is 0. The van der Waals surface area contributed by atoms with Crippen LogP contribution < -0.4 is 10.1 Å². The molecule has 19 heavy (non-hydrogen) atoms. The van der Waals surface area contributed by atoms with Crippen LogP contribution in [-0.4, -0.2) is 29.1 Å². The summed E-state index contributed by atoms with van der Waals surface area (Å²) in [6.45, 7) is 0.755. The van der Waals surface area contributed by atoms with Crippen LogP contribution in [0.1, 0.15) is 10.4 Å². The van der Waals surface area contributed by atoms with E-state index < -0.39 is 0 Å². The summed E-state index contributed by atoms with van der Waals surface area (Å²) in [5.74, 6) is 0.434. The van der Waals surface area contributed by atoms with E-state index in [0.717, 1.165) is 5.75 Å². The Labute approximate surface area is 110 Å². The van der Waals surface area contributed by atoms with Gasteiger partial charge in [0, 0.05) is 6.20 Å². The molecule has 98 valence electrons. The maximum absolute atomic E-state index is 11.7. The third-order valence-electron chi connectivity index (χ3n) is 2.39. The van der Waals surface area contributed by atoms with Crippen LogP contribution in [-0.2, 0) is 0 Å². The zero-order chi connectivity index (χ0) is 13.5. The van der Waals surface area contributed by atoms with Gasteiger partial charge in [0.1, 0.15) is 18.1 Å². The van der Waals surface area contributed by atoms with Gasteiger partial charge in [0.05, 0.1) is 18.3 Å². The summed E-state index contributed by atoms with van der Waals surface area (Å²) < 4.78 is 5.44. The third-order valence-corrected chi connectivity index (χ3v) is 2.39. The topological polar surface area (TPSA) is 71.5 Å². The molecular weight excluding hydrogens is 244 g/mol. The summed E-state index contributed by atoms with van der Waals surface area (Å²) in [6.07, 6.45) is 2.67. The zero-order valence-corrected chi connectivity index (χ0v) is 10.2. The second kappa shape index (κ2) is 6.39. The van der Waals surface area contributed by atoms with Crippen molar-refractivity contribution >= 4 is 5.91 Å². The fourth-order valence-corrected chi connectivity index (χ4v) is 1.50. The smallest absolute Gasteiger partial charge is 0.253 e. The fourth-order valence-electron chi connectivity index (χ4n) is 1.50. The summed E-state index contributed by atoms with van der Waals surface area (Å²) in [5, 5.41) is 11.9. The summed E-state index contributed by atoms with van der Waals surface area (Å²) in [5.41, 5.74) is 0.319. The largest absolute Gasteiger partial charge is 0.506 e. The number of ether oxygens (including phenoxy) is 1. The SMILES string of the molecule is O=C(NCCOc1ccccc1)c1cncc(O)c1. The molecule has 0 spiro atoms. The van der Waals surface area contributed by atoms with Gasteiger partial charge in [0.2, 0.25) is 0 Å². The predicted octanol–water partition coefficient (Wildman–Crippen LogP) is 1.60. The molecule has 2 aromatic rings. The molecule has 1 amide bonds. The Morgan fingerprint density at radius 2 is 2.05 bits per heavy atom. The van der Waals surface area contributed by atoms with E-state index >= 15 is 0 Å². The molecular formula is C14H14N2O3. The predicted molar refractivity (Wildman–Crippen MR) is 70.2 cm³/mol. The first kappa shape index (κ1) is 12.9. The highest BCUT2D eigenvalue weighted by atomic mass is 16.5. The van der Waals surface area contributed by atoms with Crippen molar-refractivity contribution in [2.24, 2.45) is 0 Å². The molecule has 0 aliphatic carbocycles. The van der Waals surface area contributed by atoms with Crippen molar-refractivity contribution in [3.8, 4) is 11.5 Å². The summed E-state index contributed by atoms with van der Waals surface area (Å²) >= 11 is 0. The van der Waals surface area contributed by atoms with E-state index in [1.807, 2.05) is 30.3 Å². The van der Waals surface area contributed by atoms with Gasteiger partial charge >= 0.3 is 0 Å². The van der Waals surface area contributed by atoms with Crippen LogP contribution in [0.25, 0.3) is 0 Å². The van der Waals surface area contributed by atoms with Crippen LogP contribution in [0.4, 0.5) is 0 Å². The molecule has 0 aliphatic rings. The minimum Gasteiger partial charge on any atom is -0.506 e. The van der Waals surface area contributed by atoms with Gasteiger partial charge in [-0.05, 0) is 18.2 Å². The molecule has 5 nitrogen and oxygen atoms in total. The number of aromatic nitrogens is 1.